The molecule has 0 aromatic heterocycles. The molecule has 0 spiro atoms. The molecule has 0 saturated heterocycles. The minimum absolute atomic E-state index is 0.320. The van der Waals surface area contributed by atoms with E-state index in [-0.39, 0.29) is 6.54 Å². The molecule has 216 valence electrons. The third kappa shape index (κ3) is 10.6. The number of carbonyl (C=O) groups is 3. The molecule has 0 bridgehead atoms. The molecule has 0 aliphatic rings. The molecule has 2 rings (SSSR count). The van der Waals surface area contributed by atoms with E-state index in [1.807, 2.05) is 0 Å². The van der Waals surface area contributed by atoms with Gasteiger partial charge in [-0.2, -0.15) is 0 Å². The highest BCUT2D eigenvalue weighted by Crippen LogP contribution is 2.27. The van der Waals surface area contributed by atoms with Crippen molar-refractivity contribution >= 4 is 23.6 Å². The molecule has 0 heterocycles. The Morgan fingerprint density at radius 3 is 2.25 bits per heavy atom. The second-order valence-electron chi connectivity index (χ2n) is 10.6. The molecule has 1 atom stereocenters. The lowest BCUT2D eigenvalue weighted by atomic mass is 9.97. The van der Waals surface area contributed by atoms with Crippen molar-refractivity contribution in [2.75, 3.05) is 25.5 Å². The van der Waals surface area contributed by atoms with Crippen LogP contribution in [0.15, 0.2) is 48.5 Å². The Morgan fingerprint density at radius 1 is 0.975 bits per heavy atom. The zero-order chi connectivity index (χ0) is 29.5. The van der Waals surface area contributed by atoms with Gasteiger partial charge in [-0.3, -0.25) is 9.59 Å². The molecule has 8 heteroatoms. The maximum atomic E-state index is 13.9. The average Bonchev–Trinajstić information content (AvgIpc) is 2.92. The number of alkyl carbamates (subject to hydrolysis) is 1. The fourth-order valence-electron chi connectivity index (χ4n) is 4.23. The first-order valence-corrected chi connectivity index (χ1v) is 13.9. The van der Waals surface area contributed by atoms with Crippen LogP contribution in [0.25, 0.3) is 0 Å². The van der Waals surface area contributed by atoms with Crippen molar-refractivity contribution in [3.8, 4) is 18.1 Å². The van der Waals surface area contributed by atoms with Gasteiger partial charge in [0, 0.05) is 17.8 Å². The van der Waals surface area contributed by atoms with E-state index in [2.05, 4.69) is 23.5 Å². The Balaban J connectivity index is 2.38. The number of amides is 3. The lowest BCUT2D eigenvalue weighted by Gasteiger charge is -2.32. The number of hydrogen-bond acceptors (Lipinski definition) is 5. The standard InChI is InChI=1S/C32H43N3O5/c1-7-9-10-11-12-15-22-35(28(36)23-33-31(38)40-32(3,4)5)29(27-17-14-13-16-24(27)8-2)30(37)34-25-18-20-26(39-6)21-19-25/h2,13-14,16-21,29H,7,9-12,15,22-23H2,1,3-6H3,(H,33,38)(H,34,37). The van der Waals surface area contributed by atoms with E-state index < -0.39 is 29.6 Å². The lowest BCUT2D eigenvalue weighted by Crippen LogP contribution is -2.47. The lowest BCUT2D eigenvalue weighted by molar-refractivity contribution is -0.138. The summed E-state index contributed by atoms with van der Waals surface area (Å²) < 4.78 is 10.5. The number of carbonyl (C=O) groups excluding carboxylic acids is 3. The zero-order valence-electron chi connectivity index (χ0n) is 24.4. The predicted molar refractivity (Wildman–Crippen MR) is 158 cm³/mol. The topological polar surface area (TPSA) is 97.0 Å². The van der Waals surface area contributed by atoms with Crippen LogP contribution in [-0.2, 0) is 14.3 Å². The number of unbranched alkanes of at least 4 members (excludes halogenated alkanes) is 5. The minimum Gasteiger partial charge on any atom is -0.497 e. The van der Waals surface area contributed by atoms with Gasteiger partial charge in [-0.05, 0) is 63.1 Å². The van der Waals surface area contributed by atoms with E-state index in [0.29, 0.717) is 35.5 Å². The van der Waals surface area contributed by atoms with Gasteiger partial charge >= 0.3 is 6.09 Å². The van der Waals surface area contributed by atoms with Crippen LogP contribution in [0.5, 0.6) is 5.75 Å². The number of methoxy groups -OCH3 is 1. The van der Waals surface area contributed by atoms with Crippen LogP contribution in [0.2, 0.25) is 0 Å². The van der Waals surface area contributed by atoms with Gasteiger partial charge in [0.25, 0.3) is 5.91 Å². The highest BCUT2D eigenvalue weighted by Gasteiger charge is 2.33. The number of hydrogen-bond donors (Lipinski definition) is 2. The third-order valence-electron chi connectivity index (χ3n) is 6.18. The number of ether oxygens (including phenoxy) is 2. The van der Waals surface area contributed by atoms with Crippen molar-refractivity contribution < 1.29 is 23.9 Å². The summed E-state index contributed by atoms with van der Waals surface area (Å²) in [6.07, 6.45) is 11.2. The van der Waals surface area contributed by atoms with E-state index in [1.54, 1.807) is 76.4 Å². The predicted octanol–water partition coefficient (Wildman–Crippen LogP) is 6.07. The number of terminal acetylenes is 1. The molecular weight excluding hydrogens is 506 g/mol. The summed E-state index contributed by atoms with van der Waals surface area (Å²) >= 11 is 0. The minimum atomic E-state index is -1.02. The summed E-state index contributed by atoms with van der Waals surface area (Å²) in [6, 6.07) is 13.0. The first-order chi connectivity index (χ1) is 19.1. The second-order valence-corrected chi connectivity index (χ2v) is 10.6. The van der Waals surface area contributed by atoms with E-state index in [1.165, 1.54) is 4.90 Å². The van der Waals surface area contributed by atoms with Crippen molar-refractivity contribution in [1.29, 1.82) is 0 Å². The van der Waals surface area contributed by atoms with Crippen molar-refractivity contribution in [2.45, 2.75) is 77.9 Å². The van der Waals surface area contributed by atoms with Gasteiger partial charge in [-0.25, -0.2) is 4.79 Å². The van der Waals surface area contributed by atoms with E-state index in [0.717, 1.165) is 32.1 Å². The molecule has 2 aromatic carbocycles. The molecule has 0 aliphatic carbocycles. The SMILES string of the molecule is C#Cc1ccccc1C(C(=O)Nc1ccc(OC)cc1)N(CCCCCCCC)C(=O)CNC(=O)OC(C)(C)C. The van der Waals surface area contributed by atoms with Crippen LogP contribution in [-0.4, -0.2) is 48.6 Å². The Labute approximate surface area is 238 Å². The van der Waals surface area contributed by atoms with Gasteiger partial charge < -0.3 is 25.0 Å². The molecule has 0 radical (unpaired) electrons. The van der Waals surface area contributed by atoms with Gasteiger partial charge in [-0.1, -0.05) is 63.1 Å². The monoisotopic (exact) mass is 549 g/mol. The maximum absolute atomic E-state index is 13.9. The summed E-state index contributed by atoms with van der Waals surface area (Å²) in [5.41, 5.74) is 0.886. The smallest absolute Gasteiger partial charge is 0.408 e. The van der Waals surface area contributed by atoms with E-state index in [4.69, 9.17) is 15.9 Å². The molecule has 8 nitrogen and oxygen atoms in total. The summed E-state index contributed by atoms with van der Waals surface area (Å²) in [6.45, 7) is 7.39. The number of benzene rings is 2. The van der Waals surface area contributed by atoms with Gasteiger partial charge in [-0.15, -0.1) is 6.42 Å². The van der Waals surface area contributed by atoms with Crippen LogP contribution in [0.3, 0.4) is 0 Å². The fourth-order valence-corrected chi connectivity index (χ4v) is 4.23. The van der Waals surface area contributed by atoms with Gasteiger partial charge in [0.2, 0.25) is 5.91 Å². The third-order valence-corrected chi connectivity index (χ3v) is 6.18. The summed E-state index contributed by atoms with van der Waals surface area (Å²) in [7, 11) is 1.57. The molecular formula is C32H43N3O5. The maximum Gasteiger partial charge on any atom is 0.408 e. The van der Waals surface area contributed by atoms with Crippen LogP contribution in [0.1, 0.15) is 83.4 Å². The molecule has 0 saturated carbocycles. The van der Waals surface area contributed by atoms with Gasteiger partial charge in [0.15, 0.2) is 0 Å². The molecule has 0 aliphatic heterocycles. The molecule has 40 heavy (non-hydrogen) atoms. The number of nitrogens with zero attached hydrogens (tertiary/aromatic N) is 1. The summed E-state index contributed by atoms with van der Waals surface area (Å²) in [5, 5.41) is 5.46. The van der Waals surface area contributed by atoms with Crippen molar-refractivity contribution in [2.24, 2.45) is 0 Å². The summed E-state index contributed by atoms with van der Waals surface area (Å²) in [5.74, 6) is 2.47. The number of rotatable bonds is 14. The van der Waals surface area contributed by atoms with E-state index in [9.17, 15) is 14.4 Å². The fraction of sp³-hybridized carbons (Fsp3) is 0.469. The zero-order valence-corrected chi connectivity index (χ0v) is 24.4. The van der Waals surface area contributed by atoms with Crippen molar-refractivity contribution in [3.05, 3.63) is 59.7 Å². The second kappa shape index (κ2) is 16.2. The van der Waals surface area contributed by atoms with Crippen molar-refractivity contribution in [1.82, 2.24) is 10.2 Å². The Hall–Kier alpha value is -3.99. The van der Waals surface area contributed by atoms with Crippen LogP contribution in [0, 0.1) is 12.3 Å². The molecule has 0 fully saturated rings. The largest absolute Gasteiger partial charge is 0.497 e. The molecule has 1 unspecified atom stereocenters. The van der Waals surface area contributed by atoms with Gasteiger partial charge in [0.1, 0.15) is 23.9 Å². The van der Waals surface area contributed by atoms with Crippen molar-refractivity contribution in [3.63, 3.8) is 0 Å². The highest BCUT2D eigenvalue weighted by atomic mass is 16.6. The average molecular weight is 550 g/mol. The molecule has 3 amide bonds. The quantitative estimate of drug-likeness (QED) is 0.220. The normalized spacial score (nSPS) is 11.6. The van der Waals surface area contributed by atoms with Gasteiger partial charge in [0.05, 0.1) is 7.11 Å². The Kier molecular flexibility index (Phi) is 13.0. The first-order valence-electron chi connectivity index (χ1n) is 13.9. The molecule has 2 N–H and O–H groups in total. The van der Waals surface area contributed by atoms with Crippen LogP contribution in [0.4, 0.5) is 10.5 Å². The highest BCUT2D eigenvalue weighted by molar-refractivity contribution is 5.98. The number of anilines is 1. The Bertz CT molecular complexity index is 1150. The van der Waals surface area contributed by atoms with Crippen LogP contribution < -0.4 is 15.4 Å². The van der Waals surface area contributed by atoms with E-state index >= 15 is 0 Å². The Morgan fingerprint density at radius 2 is 1.62 bits per heavy atom. The summed E-state index contributed by atoms with van der Waals surface area (Å²) in [4.78, 5) is 41.3. The number of nitrogens with one attached hydrogen (secondary N) is 2. The van der Waals surface area contributed by atoms with Crippen LogP contribution >= 0.6 is 0 Å². The first kappa shape index (κ1) is 32.2. The molecule has 2 aromatic rings.